The molecule has 0 bridgehead atoms. The van der Waals surface area contributed by atoms with Crippen LogP contribution in [0.1, 0.15) is 64.7 Å². The third-order valence-electron chi connectivity index (χ3n) is 2.99. The van der Waals surface area contributed by atoms with Gasteiger partial charge in [0.1, 0.15) is 0 Å². The third kappa shape index (κ3) is 14.3. The van der Waals surface area contributed by atoms with E-state index in [0.717, 1.165) is 19.3 Å². The molecule has 6 nitrogen and oxygen atoms in total. The first-order chi connectivity index (χ1) is 9.47. The molecule has 1 atom stereocenters. The second-order valence-electron chi connectivity index (χ2n) is 4.97. The molecule has 0 saturated carbocycles. The molecule has 0 spiro atoms. The summed E-state index contributed by atoms with van der Waals surface area (Å²) in [5, 5.41) is 12.5. The quantitative estimate of drug-likeness (QED) is 0.317. The van der Waals surface area contributed by atoms with Crippen molar-refractivity contribution in [3.63, 3.8) is 0 Å². The fourth-order valence-electron chi connectivity index (χ4n) is 1.79. The molecule has 0 aromatic rings. The third-order valence-corrected chi connectivity index (χ3v) is 2.99. The van der Waals surface area contributed by atoms with Crippen LogP contribution in [0.3, 0.4) is 0 Å². The van der Waals surface area contributed by atoms with Crippen LogP contribution >= 0.6 is 0 Å². The summed E-state index contributed by atoms with van der Waals surface area (Å²) in [7, 11) is 0. The van der Waals surface area contributed by atoms with E-state index < -0.39 is 24.3 Å². The fraction of sp³-hybridized carbons (Fsp3) is 0.786. The van der Waals surface area contributed by atoms with Crippen LogP contribution in [0.15, 0.2) is 0 Å². The summed E-state index contributed by atoms with van der Waals surface area (Å²) in [5.74, 6) is -2.55. The minimum absolute atomic E-state index is 0. The van der Waals surface area contributed by atoms with Crippen molar-refractivity contribution in [1.29, 1.82) is 0 Å². The van der Waals surface area contributed by atoms with Crippen molar-refractivity contribution < 1.29 is 49.0 Å². The summed E-state index contributed by atoms with van der Waals surface area (Å²) in [4.78, 5) is 33.0. The average Bonchev–Trinajstić information content (AvgIpc) is 2.37. The summed E-state index contributed by atoms with van der Waals surface area (Å²) in [6.45, 7) is 2.16. The number of carbonyl (C=O) groups is 3. The molecule has 2 amide bonds. The summed E-state index contributed by atoms with van der Waals surface area (Å²) in [6.07, 6.45) is 7.48. The van der Waals surface area contributed by atoms with Gasteiger partial charge in [-0.3, -0.25) is 14.9 Å². The van der Waals surface area contributed by atoms with Gasteiger partial charge < -0.3 is 15.6 Å². The molecule has 21 heavy (non-hydrogen) atoms. The maximum Gasteiger partial charge on any atom is 1.00 e. The number of imide groups is 1. The summed E-state index contributed by atoms with van der Waals surface area (Å²) in [6, 6.07) is -1.37. The SMILES string of the molecule is CCCCCCCCCC(=O)NC(=O)C[C@H](N)C(=O)[O-].[Na+]. The Bertz CT molecular complexity index is 324. The van der Waals surface area contributed by atoms with Gasteiger partial charge in [-0.25, -0.2) is 0 Å². The van der Waals surface area contributed by atoms with E-state index in [9.17, 15) is 19.5 Å². The summed E-state index contributed by atoms with van der Waals surface area (Å²) >= 11 is 0. The van der Waals surface area contributed by atoms with Gasteiger partial charge in [-0.15, -0.1) is 0 Å². The van der Waals surface area contributed by atoms with Gasteiger partial charge in [-0.2, -0.15) is 0 Å². The van der Waals surface area contributed by atoms with E-state index in [0.29, 0.717) is 0 Å². The zero-order chi connectivity index (χ0) is 15.4. The van der Waals surface area contributed by atoms with Crippen molar-refractivity contribution >= 4 is 17.8 Å². The smallest absolute Gasteiger partial charge is 0.548 e. The number of unbranched alkanes of at least 4 members (excludes halogenated alkanes) is 6. The Morgan fingerprint density at radius 3 is 2.05 bits per heavy atom. The predicted octanol–water partition coefficient (Wildman–Crippen LogP) is -2.76. The molecule has 0 heterocycles. The van der Waals surface area contributed by atoms with Gasteiger partial charge in [0.25, 0.3) is 0 Å². The molecular weight excluding hydrogens is 283 g/mol. The molecule has 0 unspecified atom stereocenters. The van der Waals surface area contributed by atoms with Gasteiger partial charge in [0.15, 0.2) is 0 Å². The van der Waals surface area contributed by atoms with Gasteiger partial charge >= 0.3 is 29.6 Å². The molecule has 0 aromatic heterocycles. The van der Waals surface area contributed by atoms with E-state index in [1.165, 1.54) is 25.7 Å². The second-order valence-corrected chi connectivity index (χ2v) is 4.97. The van der Waals surface area contributed by atoms with Crippen molar-refractivity contribution in [2.24, 2.45) is 5.73 Å². The van der Waals surface area contributed by atoms with Crippen LogP contribution in [0.25, 0.3) is 0 Å². The molecule has 0 radical (unpaired) electrons. The van der Waals surface area contributed by atoms with Crippen molar-refractivity contribution in [1.82, 2.24) is 5.32 Å². The standard InChI is InChI=1S/C14H26N2O4.Na/c1-2-3-4-5-6-7-8-9-12(17)16-13(18)10-11(15)14(19)20;/h11H,2-10,15H2,1H3,(H,19,20)(H,16,17,18);/q;+1/p-1/t11-;/m0./s1. The first-order valence-corrected chi connectivity index (χ1v) is 7.26. The van der Waals surface area contributed by atoms with Crippen molar-refractivity contribution in [2.75, 3.05) is 0 Å². The number of hydrogen-bond donors (Lipinski definition) is 2. The van der Waals surface area contributed by atoms with E-state index in [1.54, 1.807) is 0 Å². The van der Waals surface area contributed by atoms with E-state index >= 15 is 0 Å². The molecule has 0 saturated heterocycles. The van der Waals surface area contributed by atoms with Crippen LogP contribution in [-0.4, -0.2) is 23.8 Å². The molecule has 0 fully saturated rings. The molecule has 0 aromatic carbocycles. The number of carbonyl (C=O) groups excluding carboxylic acids is 3. The minimum atomic E-state index is -1.50. The molecule has 0 aliphatic heterocycles. The number of amides is 2. The Morgan fingerprint density at radius 1 is 1.00 bits per heavy atom. The largest absolute Gasteiger partial charge is 1.00 e. The molecular formula is C14H25N2NaO4. The van der Waals surface area contributed by atoms with Gasteiger partial charge in [0, 0.05) is 12.8 Å². The van der Waals surface area contributed by atoms with E-state index in [4.69, 9.17) is 5.73 Å². The number of carboxylic acid groups (broad SMARTS) is 1. The second kappa shape index (κ2) is 14.5. The number of rotatable bonds is 11. The zero-order valence-corrected chi connectivity index (χ0v) is 15.2. The van der Waals surface area contributed by atoms with Crippen LogP contribution in [0.2, 0.25) is 0 Å². The molecule has 7 heteroatoms. The number of hydrogen-bond acceptors (Lipinski definition) is 5. The van der Waals surface area contributed by atoms with Crippen LogP contribution in [0, 0.1) is 0 Å². The topological polar surface area (TPSA) is 112 Å². The van der Waals surface area contributed by atoms with Gasteiger partial charge in [-0.05, 0) is 6.42 Å². The Hall–Kier alpha value is -0.430. The number of carboxylic acids is 1. The van der Waals surface area contributed by atoms with E-state index in [-0.39, 0.29) is 41.9 Å². The average molecular weight is 308 g/mol. The number of nitrogens with one attached hydrogen (secondary N) is 1. The van der Waals surface area contributed by atoms with Crippen molar-refractivity contribution in [3.05, 3.63) is 0 Å². The van der Waals surface area contributed by atoms with Crippen LogP contribution in [0.5, 0.6) is 0 Å². The van der Waals surface area contributed by atoms with Crippen molar-refractivity contribution in [2.45, 2.75) is 70.8 Å². The maximum absolute atomic E-state index is 11.4. The molecule has 0 rings (SSSR count). The normalized spacial score (nSPS) is 11.3. The number of nitrogens with two attached hydrogens (primary N) is 1. The Morgan fingerprint density at radius 2 is 1.52 bits per heavy atom. The Labute approximate surface area is 148 Å². The van der Waals surface area contributed by atoms with Gasteiger partial charge in [-0.1, -0.05) is 45.4 Å². The molecule has 3 N–H and O–H groups in total. The first kappa shape index (κ1) is 22.8. The first-order valence-electron chi connectivity index (χ1n) is 7.26. The Balaban J connectivity index is 0. The minimum Gasteiger partial charge on any atom is -0.548 e. The van der Waals surface area contributed by atoms with E-state index in [1.807, 2.05) is 0 Å². The molecule has 116 valence electrons. The van der Waals surface area contributed by atoms with Gasteiger partial charge in [0.05, 0.1) is 12.0 Å². The molecule has 0 aliphatic carbocycles. The number of aliphatic carboxylic acids is 1. The predicted molar refractivity (Wildman–Crippen MR) is 73.4 cm³/mol. The Kier molecular flexibility index (Phi) is 15.8. The van der Waals surface area contributed by atoms with Crippen LogP contribution in [-0.2, 0) is 14.4 Å². The monoisotopic (exact) mass is 308 g/mol. The van der Waals surface area contributed by atoms with Gasteiger partial charge in [0.2, 0.25) is 11.8 Å². The molecule has 0 aliphatic rings. The zero-order valence-electron chi connectivity index (χ0n) is 13.2. The fourth-order valence-corrected chi connectivity index (χ4v) is 1.79. The van der Waals surface area contributed by atoms with Crippen LogP contribution < -0.4 is 45.7 Å². The summed E-state index contributed by atoms with van der Waals surface area (Å²) < 4.78 is 0. The van der Waals surface area contributed by atoms with Crippen molar-refractivity contribution in [3.8, 4) is 0 Å². The van der Waals surface area contributed by atoms with E-state index in [2.05, 4.69) is 12.2 Å². The van der Waals surface area contributed by atoms with Crippen LogP contribution in [0.4, 0.5) is 0 Å². The summed E-state index contributed by atoms with van der Waals surface area (Å²) in [5.41, 5.74) is 5.14. The maximum atomic E-state index is 11.4.